The molecule has 0 unspecified atom stereocenters. The number of nitrogens with zero attached hydrogens (tertiary/aromatic N) is 1. The maximum atomic E-state index is 10.8. The first kappa shape index (κ1) is 11.9. The van der Waals surface area contributed by atoms with Gasteiger partial charge in [-0.15, -0.1) is 0 Å². The first-order valence-electron chi connectivity index (χ1n) is 4.31. The van der Waals surface area contributed by atoms with Crippen LogP contribution >= 0.6 is 0 Å². The Morgan fingerprint density at radius 1 is 1.38 bits per heavy atom. The van der Waals surface area contributed by atoms with E-state index >= 15 is 0 Å². The van der Waals surface area contributed by atoms with E-state index < -0.39 is 0 Å². The third-order valence-corrected chi connectivity index (χ3v) is 1.24. The van der Waals surface area contributed by atoms with Gasteiger partial charge in [0.15, 0.2) is 0 Å². The standard InChI is InChI=1S/C10H17NO2/c1-4-13-10(12)8-6-5-7-9-11(2)3/h5-8H,4,9H2,1-3H3. The fraction of sp³-hybridized carbons (Fsp3) is 0.500. The second-order valence-corrected chi connectivity index (χ2v) is 2.80. The Bertz CT molecular complexity index is 195. The molecular formula is C10H17NO2. The van der Waals surface area contributed by atoms with E-state index in [0.29, 0.717) is 6.61 Å². The third-order valence-electron chi connectivity index (χ3n) is 1.24. The lowest BCUT2D eigenvalue weighted by atomic mass is 10.4. The van der Waals surface area contributed by atoms with Crippen LogP contribution in [0.5, 0.6) is 0 Å². The van der Waals surface area contributed by atoms with Gasteiger partial charge in [-0.1, -0.05) is 18.2 Å². The Hall–Kier alpha value is -1.09. The molecule has 0 heterocycles. The first-order chi connectivity index (χ1) is 6.16. The van der Waals surface area contributed by atoms with Crippen molar-refractivity contribution in [3.63, 3.8) is 0 Å². The van der Waals surface area contributed by atoms with Crippen LogP contribution < -0.4 is 0 Å². The van der Waals surface area contributed by atoms with Gasteiger partial charge in [-0.05, 0) is 21.0 Å². The smallest absolute Gasteiger partial charge is 0.330 e. The van der Waals surface area contributed by atoms with Crippen LogP contribution in [0.2, 0.25) is 0 Å². The fourth-order valence-corrected chi connectivity index (χ4v) is 0.675. The molecular weight excluding hydrogens is 166 g/mol. The lowest BCUT2D eigenvalue weighted by molar-refractivity contribution is -0.137. The molecule has 0 saturated heterocycles. The van der Waals surface area contributed by atoms with Crippen LogP contribution in [-0.4, -0.2) is 38.1 Å². The van der Waals surface area contributed by atoms with E-state index in [1.807, 2.05) is 31.1 Å². The summed E-state index contributed by atoms with van der Waals surface area (Å²) in [5.74, 6) is -0.294. The molecule has 0 aliphatic heterocycles. The van der Waals surface area contributed by atoms with E-state index in [1.54, 1.807) is 13.0 Å². The van der Waals surface area contributed by atoms with Gasteiger partial charge < -0.3 is 9.64 Å². The van der Waals surface area contributed by atoms with Gasteiger partial charge in [-0.25, -0.2) is 4.79 Å². The van der Waals surface area contributed by atoms with Crippen LogP contribution in [0.25, 0.3) is 0 Å². The lowest BCUT2D eigenvalue weighted by Gasteiger charge is -2.02. The average Bonchev–Trinajstić information content (AvgIpc) is 2.03. The minimum Gasteiger partial charge on any atom is -0.463 e. The Labute approximate surface area is 79.7 Å². The summed E-state index contributed by atoms with van der Waals surface area (Å²) in [6, 6.07) is 0. The monoisotopic (exact) mass is 183 g/mol. The molecule has 0 atom stereocenters. The van der Waals surface area contributed by atoms with Crippen molar-refractivity contribution in [3.8, 4) is 0 Å². The zero-order valence-corrected chi connectivity index (χ0v) is 8.49. The minimum atomic E-state index is -0.294. The fourth-order valence-electron chi connectivity index (χ4n) is 0.675. The number of ether oxygens (including phenoxy) is 1. The molecule has 3 heteroatoms. The van der Waals surface area contributed by atoms with Crippen molar-refractivity contribution in [2.75, 3.05) is 27.2 Å². The molecule has 0 amide bonds. The maximum Gasteiger partial charge on any atom is 0.330 e. The van der Waals surface area contributed by atoms with Crippen molar-refractivity contribution in [2.24, 2.45) is 0 Å². The van der Waals surface area contributed by atoms with Crippen LogP contribution in [0.3, 0.4) is 0 Å². The second kappa shape index (κ2) is 7.55. The van der Waals surface area contributed by atoms with Crippen LogP contribution in [0.15, 0.2) is 24.3 Å². The molecule has 0 spiro atoms. The highest BCUT2D eigenvalue weighted by Crippen LogP contribution is 1.83. The Morgan fingerprint density at radius 2 is 2.08 bits per heavy atom. The highest BCUT2D eigenvalue weighted by atomic mass is 16.5. The van der Waals surface area contributed by atoms with E-state index in [0.717, 1.165) is 6.54 Å². The highest BCUT2D eigenvalue weighted by Gasteiger charge is 1.89. The molecule has 0 aromatic carbocycles. The average molecular weight is 183 g/mol. The number of carbonyl (C=O) groups excluding carboxylic acids is 1. The highest BCUT2D eigenvalue weighted by molar-refractivity contribution is 5.82. The molecule has 0 bridgehead atoms. The molecule has 0 fully saturated rings. The largest absolute Gasteiger partial charge is 0.463 e. The molecule has 0 saturated carbocycles. The summed E-state index contributed by atoms with van der Waals surface area (Å²) in [6.07, 6.45) is 6.89. The Morgan fingerprint density at radius 3 is 2.62 bits per heavy atom. The van der Waals surface area contributed by atoms with Gasteiger partial charge in [0, 0.05) is 12.6 Å². The lowest BCUT2D eigenvalue weighted by Crippen LogP contribution is -2.10. The summed E-state index contributed by atoms with van der Waals surface area (Å²) in [4.78, 5) is 12.8. The van der Waals surface area contributed by atoms with E-state index in [4.69, 9.17) is 4.74 Å². The summed E-state index contributed by atoms with van der Waals surface area (Å²) in [6.45, 7) is 3.07. The van der Waals surface area contributed by atoms with Crippen molar-refractivity contribution in [1.29, 1.82) is 0 Å². The molecule has 0 N–H and O–H groups in total. The summed E-state index contributed by atoms with van der Waals surface area (Å²) < 4.78 is 4.70. The second-order valence-electron chi connectivity index (χ2n) is 2.80. The first-order valence-corrected chi connectivity index (χ1v) is 4.31. The molecule has 0 radical (unpaired) electrons. The van der Waals surface area contributed by atoms with Gasteiger partial charge in [0.25, 0.3) is 0 Å². The predicted octanol–water partition coefficient (Wildman–Crippen LogP) is 1.22. The minimum absolute atomic E-state index is 0.294. The zero-order chi connectivity index (χ0) is 10.1. The molecule has 0 aromatic heterocycles. The van der Waals surface area contributed by atoms with Crippen LogP contribution in [0.1, 0.15) is 6.92 Å². The van der Waals surface area contributed by atoms with Crippen LogP contribution in [0, 0.1) is 0 Å². The summed E-state index contributed by atoms with van der Waals surface area (Å²) in [5, 5.41) is 0. The number of likely N-dealkylation sites (N-methyl/N-ethyl adjacent to an activating group) is 1. The SMILES string of the molecule is CCOC(=O)C=CC=CCN(C)C. The van der Waals surface area contributed by atoms with Crippen molar-refractivity contribution < 1.29 is 9.53 Å². The number of hydrogen-bond acceptors (Lipinski definition) is 3. The summed E-state index contributed by atoms with van der Waals surface area (Å²) in [7, 11) is 3.97. The Balaban J connectivity index is 3.61. The van der Waals surface area contributed by atoms with Gasteiger partial charge in [0.05, 0.1) is 6.61 Å². The topological polar surface area (TPSA) is 29.5 Å². The van der Waals surface area contributed by atoms with Crippen molar-refractivity contribution in [3.05, 3.63) is 24.3 Å². The molecule has 13 heavy (non-hydrogen) atoms. The van der Waals surface area contributed by atoms with E-state index in [-0.39, 0.29) is 5.97 Å². The number of hydrogen-bond donors (Lipinski definition) is 0. The van der Waals surface area contributed by atoms with E-state index in [2.05, 4.69) is 0 Å². The van der Waals surface area contributed by atoms with Gasteiger partial charge in [-0.3, -0.25) is 0 Å². The third kappa shape index (κ3) is 8.82. The number of carbonyl (C=O) groups is 1. The van der Waals surface area contributed by atoms with Crippen LogP contribution in [-0.2, 0) is 9.53 Å². The number of esters is 1. The Kier molecular flexibility index (Phi) is 6.92. The zero-order valence-electron chi connectivity index (χ0n) is 8.49. The van der Waals surface area contributed by atoms with Gasteiger partial charge in [-0.2, -0.15) is 0 Å². The molecule has 74 valence electrons. The molecule has 3 nitrogen and oxygen atoms in total. The normalized spacial score (nSPS) is 11.7. The summed E-state index contributed by atoms with van der Waals surface area (Å²) in [5.41, 5.74) is 0. The molecule has 0 aliphatic carbocycles. The molecule has 0 rings (SSSR count). The quantitative estimate of drug-likeness (QED) is 0.364. The van der Waals surface area contributed by atoms with Crippen molar-refractivity contribution >= 4 is 5.97 Å². The van der Waals surface area contributed by atoms with E-state index in [9.17, 15) is 4.79 Å². The van der Waals surface area contributed by atoms with E-state index in [1.165, 1.54) is 6.08 Å². The molecule has 0 aromatic rings. The molecule has 0 aliphatic rings. The van der Waals surface area contributed by atoms with Gasteiger partial charge in [0.2, 0.25) is 0 Å². The maximum absolute atomic E-state index is 10.8. The van der Waals surface area contributed by atoms with Crippen LogP contribution in [0.4, 0.5) is 0 Å². The number of rotatable bonds is 5. The van der Waals surface area contributed by atoms with Crippen molar-refractivity contribution in [2.45, 2.75) is 6.92 Å². The summed E-state index contributed by atoms with van der Waals surface area (Å²) >= 11 is 0. The number of allylic oxidation sites excluding steroid dienone is 2. The van der Waals surface area contributed by atoms with Gasteiger partial charge in [0.1, 0.15) is 0 Å². The van der Waals surface area contributed by atoms with Crippen molar-refractivity contribution in [1.82, 2.24) is 4.90 Å². The predicted molar refractivity (Wildman–Crippen MR) is 53.5 cm³/mol. The van der Waals surface area contributed by atoms with Gasteiger partial charge >= 0.3 is 5.97 Å².